The maximum atomic E-state index is 12.2. The molecule has 1 unspecified atom stereocenters. The summed E-state index contributed by atoms with van der Waals surface area (Å²) in [6, 6.07) is 17.9. The van der Waals surface area contributed by atoms with Crippen molar-refractivity contribution >= 4 is 33.3 Å². The normalized spacial score (nSPS) is 14.1. The van der Waals surface area contributed by atoms with E-state index in [1.54, 1.807) is 24.0 Å². The number of hydrogen-bond acceptors (Lipinski definition) is 6. The van der Waals surface area contributed by atoms with Crippen LogP contribution < -0.4 is 4.90 Å². The van der Waals surface area contributed by atoms with Crippen LogP contribution in [0.5, 0.6) is 0 Å². The van der Waals surface area contributed by atoms with Gasteiger partial charge in [0.1, 0.15) is 11.1 Å². The first-order valence-electron chi connectivity index (χ1n) is 9.89. The van der Waals surface area contributed by atoms with Gasteiger partial charge in [-0.3, -0.25) is 4.55 Å². The minimum absolute atomic E-state index is 0.149. The molecule has 0 radical (unpaired) electrons. The smallest absolute Gasteiger partial charge is 0.275 e. The predicted molar refractivity (Wildman–Crippen MR) is 119 cm³/mol. The van der Waals surface area contributed by atoms with Crippen LogP contribution >= 0.6 is 11.8 Å². The molecule has 0 amide bonds. The van der Waals surface area contributed by atoms with Gasteiger partial charge in [0.25, 0.3) is 10.1 Å². The first kappa shape index (κ1) is 20.8. The van der Waals surface area contributed by atoms with Crippen LogP contribution in [0.2, 0.25) is 0 Å². The van der Waals surface area contributed by atoms with Gasteiger partial charge < -0.3 is 4.90 Å². The van der Waals surface area contributed by atoms with Crippen molar-refractivity contribution in [3.05, 3.63) is 72.3 Å². The lowest BCUT2D eigenvalue weighted by molar-refractivity contribution is 0.461. The second-order valence-corrected chi connectivity index (χ2v) is 9.82. The number of aromatic nitrogens is 2. The SMILES string of the molecule is CCCc1ccnc(C(CCN2c3ccccc3Sc3ccccc32)S(=O)(=O)O)n1. The molecule has 30 heavy (non-hydrogen) atoms. The van der Waals surface area contributed by atoms with Crippen molar-refractivity contribution in [2.24, 2.45) is 0 Å². The molecule has 2 heterocycles. The van der Waals surface area contributed by atoms with Gasteiger partial charge in [-0.2, -0.15) is 8.42 Å². The van der Waals surface area contributed by atoms with Crippen LogP contribution in [0.3, 0.4) is 0 Å². The Labute approximate surface area is 181 Å². The molecule has 1 aliphatic heterocycles. The van der Waals surface area contributed by atoms with Gasteiger partial charge in [-0.1, -0.05) is 49.4 Å². The molecule has 4 rings (SSSR count). The summed E-state index contributed by atoms with van der Waals surface area (Å²) in [5, 5.41) is -1.18. The number of anilines is 2. The molecule has 0 bridgehead atoms. The summed E-state index contributed by atoms with van der Waals surface area (Å²) < 4.78 is 34.4. The van der Waals surface area contributed by atoms with E-state index in [0.717, 1.165) is 39.7 Å². The Morgan fingerprint density at radius 2 is 1.67 bits per heavy atom. The maximum Gasteiger partial charge on any atom is 0.275 e. The summed E-state index contributed by atoms with van der Waals surface area (Å²) in [6.07, 6.45) is 3.36. The van der Waals surface area contributed by atoms with Crippen molar-refractivity contribution in [3.8, 4) is 0 Å². The van der Waals surface area contributed by atoms with Crippen molar-refractivity contribution in [1.29, 1.82) is 0 Å². The summed E-state index contributed by atoms with van der Waals surface area (Å²) in [5.41, 5.74) is 2.83. The Hall–Kier alpha value is -2.42. The third-order valence-electron chi connectivity index (χ3n) is 5.03. The average molecular weight is 442 g/mol. The topological polar surface area (TPSA) is 83.4 Å². The van der Waals surface area contributed by atoms with Gasteiger partial charge in [-0.15, -0.1) is 0 Å². The lowest BCUT2D eigenvalue weighted by atomic mass is 10.2. The second kappa shape index (κ2) is 8.75. The molecule has 0 spiro atoms. The molecular weight excluding hydrogens is 418 g/mol. The molecule has 3 aromatic rings. The Morgan fingerprint density at radius 3 is 2.27 bits per heavy atom. The van der Waals surface area contributed by atoms with E-state index in [4.69, 9.17) is 0 Å². The lowest BCUT2D eigenvalue weighted by Gasteiger charge is -2.33. The van der Waals surface area contributed by atoms with E-state index < -0.39 is 15.4 Å². The molecule has 0 aliphatic carbocycles. The Bertz CT molecular complexity index is 1110. The number of fused-ring (bicyclic) bond motifs is 2. The number of nitrogens with zero attached hydrogens (tertiary/aromatic N) is 3. The molecule has 0 fully saturated rings. The highest BCUT2D eigenvalue weighted by Crippen LogP contribution is 2.48. The van der Waals surface area contributed by atoms with E-state index in [2.05, 4.69) is 27.0 Å². The third-order valence-corrected chi connectivity index (χ3v) is 7.33. The minimum Gasteiger partial charge on any atom is -0.340 e. The number of para-hydroxylation sites is 2. The fourth-order valence-corrected chi connectivity index (χ4v) is 5.52. The average Bonchev–Trinajstić information content (AvgIpc) is 2.73. The molecule has 0 saturated carbocycles. The molecule has 2 aromatic carbocycles. The number of hydrogen-bond donors (Lipinski definition) is 1. The van der Waals surface area contributed by atoms with Crippen molar-refractivity contribution in [2.75, 3.05) is 11.4 Å². The zero-order chi connectivity index (χ0) is 21.1. The van der Waals surface area contributed by atoms with Crippen molar-refractivity contribution in [2.45, 2.75) is 41.2 Å². The zero-order valence-corrected chi connectivity index (χ0v) is 18.2. The van der Waals surface area contributed by atoms with Crippen LogP contribution in [-0.2, 0) is 16.5 Å². The van der Waals surface area contributed by atoms with Gasteiger partial charge in [0.15, 0.2) is 0 Å². The van der Waals surface area contributed by atoms with Crippen LogP contribution in [0.4, 0.5) is 11.4 Å². The summed E-state index contributed by atoms with van der Waals surface area (Å²) in [7, 11) is -4.36. The number of aryl methyl sites for hydroxylation is 1. The van der Waals surface area contributed by atoms with Gasteiger partial charge in [0.05, 0.1) is 11.4 Å². The second-order valence-electron chi connectivity index (χ2n) is 7.14. The molecule has 1 atom stereocenters. The van der Waals surface area contributed by atoms with Gasteiger partial charge in [0.2, 0.25) is 0 Å². The van der Waals surface area contributed by atoms with E-state index in [0.29, 0.717) is 6.54 Å². The molecule has 1 aromatic heterocycles. The highest BCUT2D eigenvalue weighted by atomic mass is 32.2. The molecule has 1 N–H and O–H groups in total. The Kier molecular flexibility index (Phi) is 6.08. The first-order valence-corrected chi connectivity index (χ1v) is 12.2. The van der Waals surface area contributed by atoms with Gasteiger partial charge in [0, 0.05) is 28.2 Å². The maximum absolute atomic E-state index is 12.2. The Balaban J connectivity index is 1.66. The largest absolute Gasteiger partial charge is 0.340 e. The molecule has 1 aliphatic rings. The van der Waals surface area contributed by atoms with E-state index in [1.807, 2.05) is 43.3 Å². The Morgan fingerprint density at radius 1 is 1.03 bits per heavy atom. The minimum atomic E-state index is -4.36. The summed E-state index contributed by atoms with van der Waals surface area (Å²) in [4.78, 5) is 12.9. The van der Waals surface area contributed by atoms with Gasteiger partial charge in [-0.25, -0.2) is 9.97 Å². The van der Waals surface area contributed by atoms with Crippen molar-refractivity contribution in [1.82, 2.24) is 9.97 Å². The summed E-state index contributed by atoms with van der Waals surface area (Å²) in [6.45, 7) is 2.44. The summed E-state index contributed by atoms with van der Waals surface area (Å²) >= 11 is 1.70. The highest BCUT2D eigenvalue weighted by molar-refractivity contribution is 7.99. The fraction of sp³-hybridized carbons (Fsp3) is 0.273. The quantitative estimate of drug-likeness (QED) is 0.514. The van der Waals surface area contributed by atoms with Gasteiger partial charge in [-0.05, 0) is 43.2 Å². The zero-order valence-electron chi connectivity index (χ0n) is 16.6. The molecular formula is C22H23N3O3S2. The molecule has 156 valence electrons. The van der Waals surface area contributed by atoms with Crippen LogP contribution in [0.1, 0.15) is 36.5 Å². The fourth-order valence-electron chi connectivity index (χ4n) is 3.64. The lowest BCUT2D eigenvalue weighted by Crippen LogP contribution is -2.26. The molecule has 6 nitrogen and oxygen atoms in total. The first-order chi connectivity index (χ1) is 14.5. The van der Waals surface area contributed by atoms with E-state index >= 15 is 0 Å². The van der Waals surface area contributed by atoms with E-state index in [-0.39, 0.29) is 12.2 Å². The number of rotatable bonds is 7. The van der Waals surface area contributed by atoms with Crippen LogP contribution in [0.25, 0.3) is 0 Å². The third kappa shape index (κ3) is 4.35. The van der Waals surface area contributed by atoms with Gasteiger partial charge >= 0.3 is 0 Å². The number of benzene rings is 2. The monoisotopic (exact) mass is 441 g/mol. The predicted octanol–water partition coefficient (Wildman–Crippen LogP) is 5.05. The summed E-state index contributed by atoms with van der Waals surface area (Å²) in [5.74, 6) is 0.149. The molecule has 8 heteroatoms. The standard InChI is InChI=1S/C22H23N3O3S2/c1-2-7-16-12-14-23-22(24-16)21(30(26,27)28)13-15-25-17-8-3-5-10-19(17)29-20-11-6-4-9-18(20)25/h3-6,8-12,14,21H,2,7,13,15H2,1H3,(H,26,27,28). The molecule has 0 saturated heterocycles. The van der Waals surface area contributed by atoms with Crippen LogP contribution in [-0.4, -0.2) is 29.5 Å². The van der Waals surface area contributed by atoms with Crippen LogP contribution in [0.15, 0.2) is 70.6 Å². The van der Waals surface area contributed by atoms with Crippen molar-refractivity contribution in [3.63, 3.8) is 0 Å². The van der Waals surface area contributed by atoms with E-state index in [9.17, 15) is 13.0 Å². The van der Waals surface area contributed by atoms with Crippen LogP contribution in [0, 0.1) is 0 Å². The van der Waals surface area contributed by atoms with E-state index in [1.165, 1.54) is 0 Å². The highest BCUT2D eigenvalue weighted by Gasteiger charge is 2.31. The van der Waals surface area contributed by atoms with Crippen molar-refractivity contribution < 1.29 is 13.0 Å².